The Morgan fingerprint density at radius 1 is 1.12 bits per heavy atom. The molecule has 4 nitrogen and oxygen atoms in total. The molecule has 3 aromatic rings. The third-order valence-corrected chi connectivity index (χ3v) is 4.82. The number of carbonyl (C=O) groups excluding carboxylic acids is 1. The molecule has 136 valence electrons. The molecule has 0 aliphatic rings. The van der Waals surface area contributed by atoms with Crippen molar-refractivity contribution in [1.29, 1.82) is 0 Å². The Balaban J connectivity index is 1.63. The number of fused-ring (bicyclic) bond motifs is 1. The van der Waals surface area contributed by atoms with Crippen LogP contribution in [0, 0.1) is 5.92 Å². The molecule has 3 rings (SSSR count). The molecule has 1 unspecified atom stereocenters. The maximum atomic E-state index is 12.1. The van der Waals surface area contributed by atoms with Gasteiger partial charge in [-0.15, -0.1) is 0 Å². The van der Waals surface area contributed by atoms with Crippen LogP contribution in [-0.4, -0.2) is 22.0 Å². The fraction of sp³-hybridized carbons (Fsp3) is 0.364. The summed E-state index contributed by atoms with van der Waals surface area (Å²) in [5.74, 6) is 1.71. The average molecular weight is 349 g/mol. The van der Waals surface area contributed by atoms with Gasteiger partial charge in [-0.2, -0.15) is 0 Å². The fourth-order valence-electron chi connectivity index (χ4n) is 3.10. The third kappa shape index (κ3) is 4.31. The third-order valence-electron chi connectivity index (χ3n) is 4.82. The molecule has 0 bridgehead atoms. The van der Waals surface area contributed by atoms with E-state index in [1.165, 1.54) is 5.52 Å². The summed E-state index contributed by atoms with van der Waals surface area (Å²) in [6.07, 6.45) is 2.89. The number of para-hydroxylation sites is 2. The number of imidazole rings is 1. The van der Waals surface area contributed by atoms with Crippen molar-refractivity contribution >= 4 is 16.9 Å². The van der Waals surface area contributed by atoms with Crippen LogP contribution in [0.25, 0.3) is 11.0 Å². The van der Waals surface area contributed by atoms with Gasteiger partial charge < -0.3 is 9.88 Å². The summed E-state index contributed by atoms with van der Waals surface area (Å²) in [6.45, 7) is 6.14. The highest BCUT2D eigenvalue weighted by atomic mass is 16.1. The lowest BCUT2D eigenvalue weighted by molar-refractivity contribution is 0.0953. The first-order valence-corrected chi connectivity index (χ1v) is 9.46. The molecular formula is C22H27N3O. The number of nitrogens with one attached hydrogen (secondary N) is 1. The average Bonchev–Trinajstić information content (AvgIpc) is 3.03. The molecule has 1 heterocycles. The first kappa shape index (κ1) is 18.2. The van der Waals surface area contributed by atoms with Crippen molar-refractivity contribution in [2.75, 3.05) is 6.54 Å². The molecule has 1 amide bonds. The predicted octanol–water partition coefficient (Wildman–Crippen LogP) is 4.45. The van der Waals surface area contributed by atoms with Crippen LogP contribution < -0.4 is 5.32 Å². The Bertz CT molecular complexity index is 854. The Kier molecular flexibility index (Phi) is 6.05. The van der Waals surface area contributed by atoms with Gasteiger partial charge in [-0.1, -0.05) is 50.6 Å². The standard InChI is InChI=1S/C22H27N3O/c1-3-17(2)16-25-20-13-8-7-12-19(20)24-21(25)14-9-15-23-22(26)18-10-5-4-6-11-18/h4-8,10-13,17H,3,9,14-16H2,1-2H3,(H,23,26). The molecule has 0 spiro atoms. The first-order valence-electron chi connectivity index (χ1n) is 9.46. The van der Waals surface area contributed by atoms with Crippen LogP contribution >= 0.6 is 0 Å². The number of hydrogen-bond donors (Lipinski definition) is 1. The highest BCUT2D eigenvalue weighted by Gasteiger charge is 2.12. The van der Waals surface area contributed by atoms with E-state index in [0.717, 1.165) is 37.1 Å². The van der Waals surface area contributed by atoms with Crippen molar-refractivity contribution in [2.24, 2.45) is 5.92 Å². The molecule has 0 radical (unpaired) electrons. The topological polar surface area (TPSA) is 46.9 Å². The zero-order chi connectivity index (χ0) is 18.4. The van der Waals surface area contributed by atoms with Crippen LogP contribution in [0.5, 0.6) is 0 Å². The summed E-state index contributed by atoms with van der Waals surface area (Å²) in [6, 6.07) is 17.7. The Labute approximate surface area is 155 Å². The van der Waals surface area contributed by atoms with E-state index < -0.39 is 0 Å². The largest absolute Gasteiger partial charge is 0.352 e. The van der Waals surface area contributed by atoms with Crippen molar-refractivity contribution in [3.63, 3.8) is 0 Å². The molecule has 2 aromatic carbocycles. The van der Waals surface area contributed by atoms with Crippen molar-refractivity contribution in [3.05, 3.63) is 66.0 Å². The molecular weight excluding hydrogens is 322 g/mol. The molecule has 0 aliphatic heterocycles. The van der Waals surface area contributed by atoms with Crippen LogP contribution in [0.4, 0.5) is 0 Å². The van der Waals surface area contributed by atoms with E-state index in [0.29, 0.717) is 18.0 Å². The quantitative estimate of drug-likeness (QED) is 0.611. The monoisotopic (exact) mass is 349 g/mol. The lowest BCUT2D eigenvalue weighted by atomic mass is 10.1. The number of aryl methyl sites for hydroxylation is 1. The molecule has 26 heavy (non-hydrogen) atoms. The Morgan fingerprint density at radius 2 is 1.85 bits per heavy atom. The van der Waals surface area contributed by atoms with Crippen LogP contribution in [0.1, 0.15) is 42.9 Å². The first-order chi connectivity index (χ1) is 12.7. The van der Waals surface area contributed by atoms with Crippen molar-refractivity contribution < 1.29 is 4.79 Å². The Hall–Kier alpha value is -2.62. The van der Waals surface area contributed by atoms with Gasteiger partial charge in [-0.3, -0.25) is 4.79 Å². The summed E-state index contributed by atoms with van der Waals surface area (Å²) in [5.41, 5.74) is 2.96. The SMILES string of the molecule is CCC(C)Cn1c(CCCNC(=O)c2ccccc2)nc2ccccc21. The van der Waals surface area contributed by atoms with E-state index in [1.807, 2.05) is 36.4 Å². The van der Waals surface area contributed by atoms with E-state index >= 15 is 0 Å². The molecule has 1 aromatic heterocycles. The van der Waals surface area contributed by atoms with Crippen LogP contribution in [-0.2, 0) is 13.0 Å². The minimum atomic E-state index is -0.0151. The second-order valence-electron chi connectivity index (χ2n) is 6.87. The maximum Gasteiger partial charge on any atom is 0.251 e. The van der Waals surface area contributed by atoms with Crippen molar-refractivity contribution in [3.8, 4) is 0 Å². The van der Waals surface area contributed by atoms with Gasteiger partial charge in [0.05, 0.1) is 11.0 Å². The second-order valence-corrected chi connectivity index (χ2v) is 6.87. The lowest BCUT2D eigenvalue weighted by Gasteiger charge is -2.14. The van der Waals surface area contributed by atoms with Crippen molar-refractivity contribution in [1.82, 2.24) is 14.9 Å². The van der Waals surface area contributed by atoms with Gasteiger partial charge in [0, 0.05) is 25.1 Å². The zero-order valence-electron chi connectivity index (χ0n) is 15.6. The number of amides is 1. The maximum absolute atomic E-state index is 12.1. The summed E-state index contributed by atoms with van der Waals surface area (Å²) < 4.78 is 2.35. The minimum absolute atomic E-state index is 0.0151. The summed E-state index contributed by atoms with van der Waals surface area (Å²) >= 11 is 0. The molecule has 1 N–H and O–H groups in total. The summed E-state index contributed by atoms with van der Waals surface area (Å²) in [5, 5.41) is 3.00. The number of aromatic nitrogens is 2. The predicted molar refractivity (Wildman–Crippen MR) is 106 cm³/mol. The number of benzene rings is 2. The number of nitrogens with zero attached hydrogens (tertiary/aromatic N) is 2. The number of carbonyl (C=O) groups is 1. The van der Waals surface area contributed by atoms with Gasteiger partial charge in [-0.25, -0.2) is 4.98 Å². The van der Waals surface area contributed by atoms with Crippen LogP contribution in [0.3, 0.4) is 0 Å². The highest BCUT2D eigenvalue weighted by Crippen LogP contribution is 2.19. The molecule has 1 atom stereocenters. The van der Waals surface area contributed by atoms with Gasteiger partial charge in [0.15, 0.2) is 0 Å². The van der Waals surface area contributed by atoms with Gasteiger partial charge in [0.1, 0.15) is 5.82 Å². The fourth-order valence-corrected chi connectivity index (χ4v) is 3.10. The highest BCUT2D eigenvalue weighted by molar-refractivity contribution is 5.94. The van der Waals surface area contributed by atoms with Gasteiger partial charge in [-0.05, 0) is 36.6 Å². The van der Waals surface area contributed by atoms with Gasteiger partial charge >= 0.3 is 0 Å². The number of rotatable bonds is 8. The molecule has 0 saturated heterocycles. The number of hydrogen-bond acceptors (Lipinski definition) is 2. The van der Waals surface area contributed by atoms with Crippen LogP contribution in [0.15, 0.2) is 54.6 Å². The lowest BCUT2D eigenvalue weighted by Crippen LogP contribution is -2.25. The smallest absolute Gasteiger partial charge is 0.251 e. The molecule has 0 saturated carbocycles. The second kappa shape index (κ2) is 8.65. The van der Waals surface area contributed by atoms with E-state index in [1.54, 1.807) is 0 Å². The van der Waals surface area contributed by atoms with Crippen molar-refractivity contribution in [2.45, 2.75) is 39.7 Å². The zero-order valence-corrected chi connectivity index (χ0v) is 15.6. The van der Waals surface area contributed by atoms with Gasteiger partial charge in [0.2, 0.25) is 0 Å². The normalized spacial score (nSPS) is 12.2. The van der Waals surface area contributed by atoms with E-state index in [9.17, 15) is 4.79 Å². The summed E-state index contributed by atoms with van der Waals surface area (Å²) in [4.78, 5) is 16.9. The molecule has 4 heteroatoms. The summed E-state index contributed by atoms with van der Waals surface area (Å²) in [7, 11) is 0. The Morgan fingerprint density at radius 3 is 2.62 bits per heavy atom. The van der Waals surface area contributed by atoms with E-state index in [-0.39, 0.29) is 5.91 Å². The van der Waals surface area contributed by atoms with E-state index in [2.05, 4.69) is 41.9 Å². The molecule has 0 aliphatic carbocycles. The molecule has 0 fully saturated rings. The minimum Gasteiger partial charge on any atom is -0.352 e. The van der Waals surface area contributed by atoms with Gasteiger partial charge in [0.25, 0.3) is 5.91 Å². The van der Waals surface area contributed by atoms with E-state index in [4.69, 9.17) is 4.98 Å². The van der Waals surface area contributed by atoms with Crippen LogP contribution in [0.2, 0.25) is 0 Å².